The predicted octanol–water partition coefficient (Wildman–Crippen LogP) is 3.47. The summed E-state index contributed by atoms with van der Waals surface area (Å²) in [7, 11) is 0. The van der Waals surface area contributed by atoms with Gasteiger partial charge in [-0.3, -0.25) is 9.69 Å². The van der Waals surface area contributed by atoms with Crippen molar-refractivity contribution in [3.8, 4) is 17.3 Å². The van der Waals surface area contributed by atoms with Crippen molar-refractivity contribution in [3.05, 3.63) is 71.5 Å². The fourth-order valence-electron chi connectivity index (χ4n) is 4.81. The van der Waals surface area contributed by atoms with Crippen LogP contribution in [0, 0.1) is 18.3 Å². The van der Waals surface area contributed by atoms with E-state index in [0.717, 1.165) is 53.7 Å². The van der Waals surface area contributed by atoms with Gasteiger partial charge < -0.3 is 11.1 Å². The Labute approximate surface area is 209 Å². The molecule has 1 amide bonds. The van der Waals surface area contributed by atoms with Gasteiger partial charge in [0.15, 0.2) is 5.65 Å². The SMILES string of the molecule is Cc1ccccc1C(=O)NCc1ccc(-c2nn([C@@H]3CCCN(CC#N)C3)c3ncnc(N)c23)cc1. The third kappa shape index (κ3) is 4.63. The number of carbonyl (C=O) groups excluding carboxylic acids is 1. The van der Waals surface area contributed by atoms with Gasteiger partial charge in [-0.25, -0.2) is 14.6 Å². The van der Waals surface area contributed by atoms with Gasteiger partial charge in [-0.05, 0) is 43.5 Å². The van der Waals surface area contributed by atoms with Crippen LogP contribution in [0.4, 0.5) is 5.82 Å². The number of aromatic nitrogens is 4. The summed E-state index contributed by atoms with van der Waals surface area (Å²) in [5.74, 6) is 0.297. The number of piperidine rings is 1. The first-order chi connectivity index (χ1) is 17.5. The minimum absolute atomic E-state index is 0.0928. The van der Waals surface area contributed by atoms with E-state index in [4.69, 9.17) is 16.1 Å². The molecule has 3 N–H and O–H groups in total. The van der Waals surface area contributed by atoms with Crippen LogP contribution in [0.25, 0.3) is 22.3 Å². The van der Waals surface area contributed by atoms with Crippen LogP contribution in [0.2, 0.25) is 0 Å². The van der Waals surface area contributed by atoms with Crippen LogP contribution in [0.3, 0.4) is 0 Å². The number of hydrogen-bond acceptors (Lipinski definition) is 7. The average Bonchev–Trinajstić information content (AvgIpc) is 3.29. The molecule has 0 aliphatic carbocycles. The number of hydrogen-bond donors (Lipinski definition) is 2. The van der Waals surface area contributed by atoms with Gasteiger partial charge in [-0.15, -0.1) is 0 Å². The van der Waals surface area contributed by atoms with E-state index >= 15 is 0 Å². The first-order valence-electron chi connectivity index (χ1n) is 12.1. The molecule has 1 saturated heterocycles. The highest BCUT2D eigenvalue weighted by Crippen LogP contribution is 2.33. The van der Waals surface area contributed by atoms with Gasteiger partial charge in [-0.2, -0.15) is 10.4 Å². The van der Waals surface area contributed by atoms with Gasteiger partial charge in [0.2, 0.25) is 0 Å². The Bertz CT molecular complexity index is 1440. The largest absolute Gasteiger partial charge is 0.383 e. The molecule has 5 rings (SSSR count). The molecule has 9 heteroatoms. The van der Waals surface area contributed by atoms with Gasteiger partial charge in [0.1, 0.15) is 17.8 Å². The van der Waals surface area contributed by atoms with Crippen molar-refractivity contribution in [1.82, 2.24) is 30.0 Å². The maximum Gasteiger partial charge on any atom is 0.251 e. The molecular formula is C27H28N8O. The molecule has 182 valence electrons. The van der Waals surface area contributed by atoms with E-state index < -0.39 is 0 Å². The van der Waals surface area contributed by atoms with Crippen LogP contribution in [-0.4, -0.2) is 50.2 Å². The van der Waals surface area contributed by atoms with E-state index in [0.29, 0.717) is 30.1 Å². The maximum absolute atomic E-state index is 12.6. The van der Waals surface area contributed by atoms with Crippen molar-refractivity contribution in [2.24, 2.45) is 0 Å². The van der Waals surface area contributed by atoms with E-state index in [1.165, 1.54) is 6.33 Å². The topological polar surface area (TPSA) is 126 Å². The predicted molar refractivity (Wildman–Crippen MR) is 138 cm³/mol. The number of anilines is 1. The smallest absolute Gasteiger partial charge is 0.251 e. The normalized spacial score (nSPS) is 16.1. The Balaban J connectivity index is 1.39. The van der Waals surface area contributed by atoms with E-state index in [1.54, 1.807) is 0 Å². The van der Waals surface area contributed by atoms with Crippen LogP contribution in [-0.2, 0) is 6.54 Å². The molecule has 4 aromatic rings. The van der Waals surface area contributed by atoms with Crippen LogP contribution >= 0.6 is 0 Å². The number of nitrogens with two attached hydrogens (primary N) is 1. The number of nitriles is 1. The summed E-state index contributed by atoms with van der Waals surface area (Å²) in [5, 5.41) is 17.8. The summed E-state index contributed by atoms with van der Waals surface area (Å²) >= 11 is 0. The fourth-order valence-corrected chi connectivity index (χ4v) is 4.81. The van der Waals surface area contributed by atoms with Crippen molar-refractivity contribution in [2.45, 2.75) is 32.4 Å². The lowest BCUT2D eigenvalue weighted by Gasteiger charge is -2.31. The van der Waals surface area contributed by atoms with E-state index in [1.807, 2.05) is 60.1 Å². The molecule has 0 spiro atoms. The first-order valence-corrected chi connectivity index (χ1v) is 12.1. The number of benzene rings is 2. The lowest BCUT2D eigenvalue weighted by molar-refractivity contribution is 0.0950. The number of nitrogens with zero attached hydrogens (tertiary/aromatic N) is 6. The standard InChI is InChI=1S/C27H28N8O/c1-18-5-2-3-7-22(18)27(36)30-15-19-8-10-20(11-9-19)24-23-25(29)31-17-32-26(23)35(33-24)21-6-4-13-34(16-21)14-12-28/h2-3,5,7-11,17,21H,4,6,13-16H2,1H3,(H,30,36)(H2,29,31,32)/t21-/m1/s1. The number of likely N-dealkylation sites (tertiary alicyclic amines) is 1. The highest BCUT2D eigenvalue weighted by atomic mass is 16.1. The molecule has 2 aromatic heterocycles. The summed E-state index contributed by atoms with van der Waals surface area (Å²) < 4.78 is 1.95. The Kier molecular flexibility index (Phi) is 6.60. The molecule has 9 nitrogen and oxygen atoms in total. The molecule has 2 aromatic carbocycles. The number of nitrogen functional groups attached to an aromatic ring is 1. The summed E-state index contributed by atoms with van der Waals surface area (Å²) in [5.41, 5.74) is 11.2. The molecule has 1 aliphatic heterocycles. The molecule has 0 bridgehead atoms. The van der Waals surface area contributed by atoms with Gasteiger partial charge in [0, 0.05) is 24.2 Å². The monoisotopic (exact) mass is 480 g/mol. The molecule has 0 unspecified atom stereocenters. The summed E-state index contributed by atoms with van der Waals surface area (Å²) in [4.78, 5) is 23.4. The van der Waals surface area contributed by atoms with E-state index in [2.05, 4.69) is 26.3 Å². The molecule has 0 saturated carbocycles. The summed E-state index contributed by atoms with van der Waals surface area (Å²) in [6.07, 6.45) is 3.42. The molecule has 1 aliphatic rings. The third-order valence-corrected chi connectivity index (χ3v) is 6.71. The summed E-state index contributed by atoms with van der Waals surface area (Å²) in [6.45, 7) is 4.41. The molecule has 3 heterocycles. The molecule has 0 radical (unpaired) electrons. The van der Waals surface area contributed by atoms with E-state index in [-0.39, 0.29) is 11.9 Å². The quantitative estimate of drug-likeness (QED) is 0.405. The highest BCUT2D eigenvalue weighted by molar-refractivity contribution is 5.98. The van der Waals surface area contributed by atoms with Gasteiger partial charge in [-0.1, -0.05) is 42.5 Å². The molecule has 1 fully saturated rings. The average molecular weight is 481 g/mol. The second-order valence-electron chi connectivity index (χ2n) is 9.13. The lowest BCUT2D eigenvalue weighted by atomic mass is 10.1. The number of aryl methyl sites for hydroxylation is 1. The number of carbonyl (C=O) groups is 1. The van der Waals surface area contributed by atoms with Crippen molar-refractivity contribution < 1.29 is 4.79 Å². The Morgan fingerprint density at radius 2 is 2.00 bits per heavy atom. The van der Waals surface area contributed by atoms with Crippen LogP contribution in [0.15, 0.2) is 54.9 Å². The number of amides is 1. The zero-order valence-corrected chi connectivity index (χ0v) is 20.2. The second kappa shape index (κ2) is 10.1. The Morgan fingerprint density at radius 1 is 1.19 bits per heavy atom. The Morgan fingerprint density at radius 3 is 2.78 bits per heavy atom. The minimum Gasteiger partial charge on any atom is -0.383 e. The Hall–Kier alpha value is -4.29. The number of fused-ring (bicyclic) bond motifs is 1. The van der Waals surface area contributed by atoms with Crippen molar-refractivity contribution in [2.75, 3.05) is 25.4 Å². The summed E-state index contributed by atoms with van der Waals surface area (Å²) in [6, 6.07) is 17.8. The van der Waals surface area contributed by atoms with Gasteiger partial charge >= 0.3 is 0 Å². The maximum atomic E-state index is 12.6. The number of rotatable bonds is 6. The van der Waals surface area contributed by atoms with Crippen molar-refractivity contribution >= 4 is 22.8 Å². The van der Waals surface area contributed by atoms with E-state index in [9.17, 15) is 4.79 Å². The van der Waals surface area contributed by atoms with Gasteiger partial charge in [0.25, 0.3) is 5.91 Å². The van der Waals surface area contributed by atoms with Crippen LogP contribution < -0.4 is 11.1 Å². The highest BCUT2D eigenvalue weighted by Gasteiger charge is 2.26. The van der Waals surface area contributed by atoms with Crippen LogP contribution in [0.1, 0.15) is 40.4 Å². The number of nitrogens with one attached hydrogen (secondary N) is 1. The van der Waals surface area contributed by atoms with Crippen molar-refractivity contribution in [3.63, 3.8) is 0 Å². The van der Waals surface area contributed by atoms with Crippen molar-refractivity contribution in [1.29, 1.82) is 5.26 Å². The first kappa shape index (κ1) is 23.5. The lowest BCUT2D eigenvalue weighted by Crippen LogP contribution is -2.37. The minimum atomic E-state index is -0.0928. The second-order valence-corrected chi connectivity index (χ2v) is 9.13. The zero-order chi connectivity index (χ0) is 25.1. The zero-order valence-electron chi connectivity index (χ0n) is 20.2. The molecular weight excluding hydrogens is 452 g/mol. The fraction of sp³-hybridized carbons (Fsp3) is 0.296. The third-order valence-electron chi connectivity index (χ3n) is 6.71. The van der Waals surface area contributed by atoms with Gasteiger partial charge in [0.05, 0.1) is 24.0 Å². The van der Waals surface area contributed by atoms with Crippen LogP contribution in [0.5, 0.6) is 0 Å². The molecule has 36 heavy (non-hydrogen) atoms. The molecule has 1 atom stereocenters.